The van der Waals surface area contributed by atoms with Crippen molar-refractivity contribution in [2.45, 2.75) is 19.9 Å². The first-order valence-corrected chi connectivity index (χ1v) is 10.8. The smallest absolute Gasteiger partial charge is 0.257 e. The van der Waals surface area contributed by atoms with Crippen LogP contribution in [-0.4, -0.2) is 47.2 Å². The number of amidine groups is 1. The minimum atomic E-state index is -0.488. The molecule has 5 nitrogen and oxygen atoms in total. The molecule has 5 rings (SSSR count). The summed E-state index contributed by atoms with van der Waals surface area (Å²) in [5.74, 6) is 1.55. The van der Waals surface area contributed by atoms with Crippen LogP contribution < -0.4 is 4.74 Å². The fourth-order valence-corrected chi connectivity index (χ4v) is 4.31. The van der Waals surface area contributed by atoms with Crippen LogP contribution in [0, 0.1) is 12.7 Å². The molecule has 2 aliphatic heterocycles. The Morgan fingerprint density at radius 2 is 1.81 bits per heavy atom. The van der Waals surface area contributed by atoms with Crippen molar-refractivity contribution in [1.29, 1.82) is 0 Å². The van der Waals surface area contributed by atoms with Crippen LogP contribution in [0.5, 0.6) is 11.5 Å². The second-order valence-electron chi connectivity index (χ2n) is 8.28. The quantitative estimate of drug-likeness (QED) is 0.536. The van der Waals surface area contributed by atoms with E-state index >= 15 is 0 Å². The van der Waals surface area contributed by atoms with Crippen LogP contribution in [0.1, 0.15) is 28.4 Å². The Kier molecular flexibility index (Phi) is 5.13. The van der Waals surface area contributed by atoms with Gasteiger partial charge in [-0.15, -0.1) is 0 Å². The minimum absolute atomic E-state index is 0.104. The highest BCUT2D eigenvalue weighted by atomic mass is 19.1. The third kappa shape index (κ3) is 3.62. The van der Waals surface area contributed by atoms with Crippen LogP contribution >= 0.6 is 0 Å². The Labute approximate surface area is 186 Å². The van der Waals surface area contributed by atoms with Crippen molar-refractivity contribution in [2.24, 2.45) is 4.99 Å². The molecule has 3 aromatic rings. The van der Waals surface area contributed by atoms with Crippen molar-refractivity contribution in [3.05, 3.63) is 89.2 Å². The van der Waals surface area contributed by atoms with Gasteiger partial charge in [0.15, 0.2) is 5.75 Å². The second kappa shape index (κ2) is 8.11. The van der Waals surface area contributed by atoms with Crippen LogP contribution in [0.15, 0.2) is 71.7 Å². The number of hydrogen-bond donors (Lipinski definition) is 0. The van der Waals surface area contributed by atoms with Crippen molar-refractivity contribution in [1.82, 2.24) is 9.80 Å². The highest BCUT2D eigenvalue weighted by Crippen LogP contribution is 2.39. The van der Waals surface area contributed by atoms with E-state index in [0.29, 0.717) is 19.6 Å². The van der Waals surface area contributed by atoms with Gasteiger partial charge in [0.2, 0.25) is 0 Å². The van der Waals surface area contributed by atoms with Crippen LogP contribution in [0.3, 0.4) is 0 Å². The van der Waals surface area contributed by atoms with Crippen molar-refractivity contribution >= 4 is 17.4 Å². The Morgan fingerprint density at radius 1 is 1.03 bits per heavy atom. The summed E-state index contributed by atoms with van der Waals surface area (Å²) < 4.78 is 20.4. The highest BCUT2D eigenvalue weighted by molar-refractivity contribution is 6.04. The van der Waals surface area contributed by atoms with Gasteiger partial charge in [-0.1, -0.05) is 30.3 Å². The van der Waals surface area contributed by atoms with Gasteiger partial charge in [0.25, 0.3) is 5.91 Å². The summed E-state index contributed by atoms with van der Waals surface area (Å²) in [5.41, 5.74) is 2.91. The summed E-state index contributed by atoms with van der Waals surface area (Å²) in [6.07, 6.45) is 0. The summed E-state index contributed by atoms with van der Waals surface area (Å²) in [4.78, 5) is 21.9. The molecule has 0 saturated carbocycles. The first-order chi connectivity index (χ1) is 15.5. The number of hydrogen-bond acceptors (Lipinski definition) is 4. The number of aliphatic imine (C=N–C) groups is 1. The lowest BCUT2D eigenvalue weighted by molar-refractivity contribution is 0.0576. The molecule has 0 aromatic heterocycles. The van der Waals surface area contributed by atoms with Gasteiger partial charge in [-0.3, -0.25) is 4.79 Å². The van der Waals surface area contributed by atoms with Gasteiger partial charge in [0.05, 0.1) is 11.1 Å². The molecule has 1 amide bonds. The lowest BCUT2D eigenvalue weighted by Crippen LogP contribution is -2.55. The molecule has 0 aliphatic carbocycles. The molecule has 1 fully saturated rings. The molecule has 3 aromatic carbocycles. The van der Waals surface area contributed by atoms with Crippen molar-refractivity contribution in [2.75, 3.05) is 19.6 Å². The van der Waals surface area contributed by atoms with Crippen molar-refractivity contribution in [3.8, 4) is 11.5 Å². The van der Waals surface area contributed by atoms with Crippen LogP contribution in [-0.2, 0) is 0 Å². The molecule has 1 atom stereocenters. The van der Waals surface area contributed by atoms with Crippen molar-refractivity contribution in [3.63, 3.8) is 0 Å². The predicted molar refractivity (Wildman–Crippen MR) is 122 cm³/mol. The number of para-hydroxylation sites is 1. The SMILES string of the molecule is Cc1ccc2c(c1)Oc1ccccc1C(N1CCN(C(=O)c3ccccc3F)[C@@H](C)C1)=N2. The first-order valence-electron chi connectivity index (χ1n) is 10.8. The molecule has 162 valence electrons. The summed E-state index contributed by atoms with van der Waals surface area (Å²) in [6.45, 7) is 5.69. The second-order valence-corrected chi connectivity index (χ2v) is 8.28. The van der Waals surface area contributed by atoms with E-state index in [1.165, 1.54) is 6.07 Å². The maximum absolute atomic E-state index is 14.2. The summed E-state index contributed by atoms with van der Waals surface area (Å²) in [5, 5.41) is 0. The zero-order chi connectivity index (χ0) is 22.2. The van der Waals surface area contributed by atoms with E-state index in [2.05, 4.69) is 4.90 Å². The fraction of sp³-hybridized carbons (Fsp3) is 0.231. The van der Waals surface area contributed by atoms with E-state index in [1.807, 2.05) is 56.3 Å². The molecule has 2 heterocycles. The van der Waals surface area contributed by atoms with E-state index in [0.717, 1.165) is 34.1 Å². The average Bonchev–Trinajstić information content (AvgIpc) is 2.95. The van der Waals surface area contributed by atoms with Gasteiger partial charge in [-0.25, -0.2) is 9.38 Å². The Hall–Kier alpha value is -3.67. The van der Waals surface area contributed by atoms with Crippen LogP contribution in [0.25, 0.3) is 0 Å². The van der Waals surface area contributed by atoms with Gasteiger partial charge in [0.1, 0.15) is 23.1 Å². The number of rotatable bonds is 1. The number of carbonyl (C=O) groups is 1. The fourth-order valence-electron chi connectivity index (χ4n) is 4.31. The molecule has 2 aliphatic rings. The maximum Gasteiger partial charge on any atom is 0.257 e. The third-order valence-electron chi connectivity index (χ3n) is 5.98. The van der Waals surface area contributed by atoms with E-state index < -0.39 is 5.82 Å². The summed E-state index contributed by atoms with van der Waals surface area (Å²) in [6, 6.07) is 19.9. The van der Waals surface area contributed by atoms with E-state index in [1.54, 1.807) is 23.1 Å². The number of benzene rings is 3. The highest BCUT2D eigenvalue weighted by Gasteiger charge is 2.32. The largest absolute Gasteiger partial charge is 0.454 e. The zero-order valence-corrected chi connectivity index (χ0v) is 18.1. The number of nitrogens with zero attached hydrogens (tertiary/aromatic N) is 3. The monoisotopic (exact) mass is 429 g/mol. The number of amides is 1. The Balaban J connectivity index is 1.46. The maximum atomic E-state index is 14.2. The van der Waals surface area contributed by atoms with Crippen LogP contribution in [0.2, 0.25) is 0 Å². The van der Waals surface area contributed by atoms with Gasteiger partial charge in [-0.05, 0) is 55.8 Å². The number of aryl methyl sites for hydroxylation is 1. The van der Waals surface area contributed by atoms with Gasteiger partial charge < -0.3 is 14.5 Å². The lowest BCUT2D eigenvalue weighted by Gasteiger charge is -2.41. The molecule has 1 saturated heterocycles. The molecular weight excluding hydrogens is 405 g/mol. The lowest BCUT2D eigenvalue weighted by atomic mass is 10.1. The summed E-state index contributed by atoms with van der Waals surface area (Å²) >= 11 is 0. The van der Waals surface area contributed by atoms with Gasteiger partial charge in [-0.2, -0.15) is 0 Å². The molecule has 0 bridgehead atoms. The molecule has 0 unspecified atom stereocenters. The van der Waals surface area contributed by atoms with Gasteiger partial charge in [0, 0.05) is 25.7 Å². The van der Waals surface area contributed by atoms with Gasteiger partial charge >= 0.3 is 0 Å². The number of fused-ring (bicyclic) bond motifs is 2. The Bertz CT molecular complexity index is 1220. The minimum Gasteiger partial charge on any atom is -0.454 e. The molecule has 6 heteroatoms. The molecule has 32 heavy (non-hydrogen) atoms. The molecule has 0 spiro atoms. The average molecular weight is 429 g/mol. The number of halogens is 1. The van der Waals surface area contributed by atoms with Crippen LogP contribution in [0.4, 0.5) is 10.1 Å². The summed E-state index contributed by atoms with van der Waals surface area (Å²) in [7, 11) is 0. The number of carbonyl (C=O) groups excluding carboxylic acids is 1. The predicted octanol–water partition coefficient (Wildman–Crippen LogP) is 5.16. The van der Waals surface area contributed by atoms with E-state index in [9.17, 15) is 9.18 Å². The van der Waals surface area contributed by atoms with E-state index in [-0.39, 0.29) is 17.5 Å². The first kappa shape index (κ1) is 20.2. The number of piperazine rings is 1. The molecular formula is C26H24FN3O2. The van der Waals surface area contributed by atoms with Crippen molar-refractivity contribution < 1.29 is 13.9 Å². The zero-order valence-electron chi connectivity index (χ0n) is 18.1. The number of ether oxygens (including phenoxy) is 1. The van der Waals surface area contributed by atoms with E-state index in [4.69, 9.17) is 9.73 Å². The third-order valence-corrected chi connectivity index (χ3v) is 5.98. The normalized spacial score (nSPS) is 17.6. The Morgan fingerprint density at radius 3 is 2.62 bits per heavy atom. The molecule has 0 radical (unpaired) electrons. The topological polar surface area (TPSA) is 45.1 Å². The molecule has 0 N–H and O–H groups in total. The standard InChI is InChI=1S/C26H24FN3O2/c1-17-11-12-22-24(15-17)32-23-10-6-4-8-20(23)25(28-22)29-13-14-30(18(2)16-29)26(31)19-7-3-5-9-21(19)27/h3-12,15,18H,13-14,16H2,1-2H3/t18-/m0/s1.